The van der Waals surface area contributed by atoms with Crippen molar-refractivity contribution in [1.29, 1.82) is 0 Å². The van der Waals surface area contributed by atoms with Crippen LogP contribution in [0.25, 0.3) is 11.0 Å². The topological polar surface area (TPSA) is 59.3 Å². The van der Waals surface area contributed by atoms with E-state index in [1.54, 1.807) is 16.7 Å². The Morgan fingerprint density at radius 3 is 2.54 bits per heavy atom. The molecule has 4 bridgehead atoms. The molecule has 4 fully saturated rings. The summed E-state index contributed by atoms with van der Waals surface area (Å²) in [5.41, 5.74) is 1.00. The second-order valence-corrected chi connectivity index (χ2v) is 9.58. The molecule has 1 aromatic carbocycles. The van der Waals surface area contributed by atoms with Gasteiger partial charge in [-0.3, -0.25) is 4.57 Å². The molecule has 1 aromatic heterocycles. The first-order chi connectivity index (χ1) is 13.4. The van der Waals surface area contributed by atoms with E-state index in [0.717, 1.165) is 24.5 Å². The number of hydrogen-bond acceptors (Lipinski definition) is 3. The van der Waals surface area contributed by atoms with Gasteiger partial charge >= 0.3 is 11.7 Å². The molecule has 6 rings (SSSR count). The van der Waals surface area contributed by atoms with Crippen LogP contribution in [0.15, 0.2) is 23.0 Å². The molecule has 1 N–H and O–H groups in total. The van der Waals surface area contributed by atoms with Gasteiger partial charge in [0.05, 0.1) is 11.0 Å². The first-order valence-electron chi connectivity index (χ1n) is 10.4. The molecule has 6 nitrogen and oxygen atoms in total. The van der Waals surface area contributed by atoms with E-state index in [4.69, 9.17) is 11.6 Å². The number of amides is 1. The number of benzene rings is 1. The number of nitrogens with zero attached hydrogens (tertiary/aromatic N) is 3. The van der Waals surface area contributed by atoms with Gasteiger partial charge in [0, 0.05) is 37.2 Å². The standard InChI is InChI=1S/C21H27ClN4O2/c1-12(2)25-18-4-3-16(22)7-19(18)26(21(25)28)20(27)23-8-17-14-5-13-6-15(17)11-24(9-13)10-14/h3-4,7,12-15,17H,5-6,8-11H2,1-2H3,(H,23,27). The first-order valence-corrected chi connectivity index (χ1v) is 10.7. The van der Waals surface area contributed by atoms with Crippen molar-refractivity contribution >= 4 is 28.7 Å². The number of fused-ring (bicyclic) bond motifs is 1. The number of halogens is 1. The highest BCUT2D eigenvalue weighted by Crippen LogP contribution is 2.46. The average molecular weight is 403 g/mol. The van der Waals surface area contributed by atoms with Crippen LogP contribution in [0, 0.1) is 23.7 Å². The normalized spacial score (nSPS) is 31.1. The largest absolute Gasteiger partial charge is 0.337 e. The number of imidazole rings is 1. The van der Waals surface area contributed by atoms with Crippen LogP contribution < -0.4 is 11.0 Å². The van der Waals surface area contributed by atoms with Gasteiger partial charge in [0.2, 0.25) is 0 Å². The summed E-state index contributed by atoms with van der Waals surface area (Å²) in [6, 6.07) is 4.89. The maximum Gasteiger partial charge on any atom is 0.337 e. The SMILES string of the molecule is CC(C)n1c(=O)n(C(=O)NCC2C3CC4CC2CN(C4)C3)c2cc(Cl)ccc21. The fraction of sp³-hybridized carbons (Fsp3) is 0.619. The minimum Gasteiger partial charge on any atom is -0.337 e. The highest BCUT2D eigenvalue weighted by molar-refractivity contribution is 6.31. The third kappa shape index (κ3) is 2.80. The number of carbonyl (C=O) groups is 1. The van der Waals surface area contributed by atoms with Crippen LogP contribution in [0.2, 0.25) is 5.02 Å². The van der Waals surface area contributed by atoms with Crippen LogP contribution in [-0.4, -0.2) is 46.2 Å². The summed E-state index contributed by atoms with van der Waals surface area (Å²) < 4.78 is 2.90. The van der Waals surface area contributed by atoms with Crippen LogP contribution in [0.4, 0.5) is 4.79 Å². The second kappa shape index (κ2) is 6.63. The molecule has 1 amide bonds. The van der Waals surface area contributed by atoms with E-state index in [9.17, 15) is 9.59 Å². The van der Waals surface area contributed by atoms with E-state index < -0.39 is 0 Å². The van der Waals surface area contributed by atoms with Crippen molar-refractivity contribution in [3.8, 4) is 0 Å². The maximum absolute atomic E-state index is 13.0. The highest BCUT2D eigenvalue weighted by Gasteiger charge is 2.47. The van der Waals surface area contributed by atoms with Crippen molar-refractivity contribution in [2.45, 2.75) is 32.7 Å². The molecule has 1 saturated carbocycles. The van der Waals surface area contributed by atoms with Crippen LogP contribution in [-0.2, 0) is 0 Å². The van der Waals surface area contributed by atoms with Gasteiger partial charge in [0.25, 0.3) is 0 Å². The smallest absolute Gasteiger partial charge is 0.337 e. The predicted molar refractivity (Wildman–Crippen MR) is 110 cm³/mol. The zero-order valence-corrected chi connectivity index (χ0v) is 17.2. The fourth-order valence-corrected chi connectivity index (χ4v) is 6.18. The summed E-state index contributed by atoms with van der Waals surface area (Å²) in [7, 11) is 0. The number of carbonyl (C=O) groups excluding carboxylic acids is 1. The molecule has 150 valence electrons. The van der Waals surface area contributed by atoms with Gasteiger partial charge in [-0.25, -0.2) is 14.2 Å². The molecule has 2 unspecified atom stereocenters. The van der Waals surface area contributed by atoms with Gasteiger partial charge in [-0.15, -0.1) is 0 Å². The van der Waals surface area contributed by atoms with E-state index in [-0.39, 0.29) is 17.8 Å². The van der Waals surface area contributed by atoms with Crippen molar-refractivity contribution in [3.63, 3.8) is 0 Å². The third-order valence-electron chi connectivity index (χ3n) is 7.03. The summed E-state index contributed by atoms with van der Waals surface area (Å²) in [5.74, 6) is 2.72. The average Bonchev–Trinajstić information content (AvgIpc) is 2.91. The zero-order valence-electron chi connectivity index (χ0n) is 16.4. The number of aromatic nitrogens is 2. The van der Waals surface area contributed by atoms with Crippen LogP contribution in [0.3, 0.4) is 0 Å². The first kappa shape index (κ1) is 18.3. The molecule has 2 aromatic rings. The molecule has 0 spiro atoms. The summed E-state index contributed by atoms with van der Waals surface area (Å²) in [4.78, 5) is 28.6. The summed E-state index contributed by atoms with van der Waals surface area (Å²) >= 11 is 6.16. The Labute approximate surface area is 169 Å². The van der Waals surface area contributed by atoms with Gasteiger partial charge in [0.15, 0.2) is 0 Å². The van der Waals surface area contributed by atoms with Gasteiger partial charge in [-0.05, 0) is 68.6 Å². The third-order valence-corrected chi connectivity index (χ3v) is 7.26. The number of hydrogen-bond donors (Lipinski definition) is 1. The van der Waals surface area contributed by atoms with Crippen molar-refractivity contribution in [3.05, 3.63) is 33.7 Å². The molecule has 2 atom stereocenters. The Hall–Kier alpha value is -1.79. The molecular weight excluding hydrogens is 376 g/mol. The Balaban J connectivity index is 1.41. The monoisotopic (exact) mass is 402 g/mol. The summed E-state index contributed by atoms with van der Waals surface area (Å²) in [6.45, 7) is 8.13. The molecule has 1 aliphatic carbocycles. The molecule has 4 heterocycles. The molecular formula is C21H27ClN4O2. The van der Waals surface area contributed by atoms with Crippen LogP contribution >= 0.6 is 11.6 Å². The number of rotatable bonds is 3. The minimum absolute atomic E-state index is 0.0382. The Kier molecular flexibility index (Phi) is 4.32. The van der Waals surface area contributed by atoms with E-state index in [0.29, 0.717) is 34.8 Å². The van der Waals surface area contributed by atoms with Crippen LogP contribution in [0.5, 0.6) is 0 Å². The lowest BCUT2D eigenvalue weighted by Crippen LogP contribution is -2.59. The molecule has 7 heteroatoms. The summed E-state index contributed by atoms with van der Waals surface area (Å²) in [5, 5.41) is 3.60. The van der Waals surface area contributed by atoms with Gasteiger partial charge in [-0.2, -0.15) is 0 Å². The Morgan fingerprint density at radius 2 is 1.89 bits per heavy atom. The highest BCUT2D eigenvalue weighted by atomic mass is 35.5. The molecule has 28 heavy (non-hydrogen) atoms. The zero-order chi connectivity index (χ0) is 19.6. The minimum atomic E-state index is -0.342. The summed E-state index contributed by atoms with van der Waals surface area (Å²) in [6.07, 6.45) is 2.57. The Morgan fingerprint density at radius 1 is 1.18 bits per heavy atom. The van der Waals surface area contributed by atoms with E-state index in [1.807, 2.05) is 19.9 Å². The maximum atomic E-state index is 13.0. The molecule has 0 radical (unpaired) electrons. The van der Waals surface area contributed by atoms with E-state index in [2.05, 4.69) is 10.2 Å². The van der Waals surface area contributed by atoms with Crippen LogP contribution in [0.1, 0.15) is 32.7 Å². The fourth-order valence-electron chi connectivity index (χ4n) is 6.01. The van der Waals surface area contributed by atoms with E-state index >= 15 is 0 Å². The lowest BCUT2D eigenvalue weighted by Gasteiger charge is -2.56. The second-order valence-electron chi connectivity index (χ2n) is 9.14. The van der Waals surface area contributed by atoms with Crippen molar-refractivity contribution in [2.75, 3.05) is 26.2 Å². The van der Waals surface area contributed by atoms with Crippen molar-refractivity contribution < 1.29 is 4.79 Å². The lowest BCUT2D eigenvalue weighted by molar-refractivity contribution is -0.0622. The molecule has 3 saturated heterocycles. The van der Waals surface area contributed by atoms with Crippen molar-refractivity contribution in [2.24, 2.45) is 23.7 Å². The van der Waals surface area contributed by atoms with Crippen molar-refractivity contribution in [1.82, 2.24) is 19.4 Å². The Bertz CT molecular complexity index is 964. The van der Waals surface area contributed by atoms with Gasteiger partial charge in [0.1, 0.15) is 0 Å². The predicted octanol–water partition coefficient (Wildman–Crippen LogP) is 3.18. The van der Waals surface area contributed by atoms with Gasteiger partial charge in [-0.1, -0.05) is 11.6 Å². The lowest BCUT2D eigenvalue weighted by atomic mass is 9.62. The molecule has 4 aliphatic rings. The van der Waals surface area contributed by atoms with Gasteiger partial charge < -0.3 is 10.2 Å². The molecule has 3 aliphatic heterocycles. The van der Waals surface area contributed by atoms with E-state index in [1.165, 1.54) is 24.0 Å². The number of piperidine rings is 3. The number of nitrogens with one attached hydrogen (secondary N) is 1. The quantitative estimate of drug-likeness (QED) is 0.857.